The first kappa shape index (κ1) is 30.4. The van der Waals surface area contributed by atoms with Gasteiger partial charge in [0, 0.05) is 6.92 Å². The topological polar surface area (TPSA) is 124 Å². The number of ether oxygens (including phenoxy) is 4. The van der Waals surface area contributed by atoms with Crippen LogP contribution in [-0.2, 0) is 37.4 Å². The maximum atomic E-state index is 15.4. The average molecular weight is 570 g/mol. The van der Waals surface area contributed by atoms with Crippen LogP contribution in [0.25, 0.3) is 0 Å². The van der Waals surface area contributed by atoms with Gasteiger partial charge < -0.3 is 28.0 Å². The van der Waals surface area contributed by atoms with E-state index in [-0.39, 0.29) is 24.3 Å². The van der Waals surface area contributed by atoms with Crippen molar-refractivity contribution in [2.24, 2.45) is 0 Å². The van der Waals surface area contributed by atoms with Gasteiger partial charge in [0.1, 0.15) is 6.10 Å². The predicted molar refractivity (Wildman–Crippen MR) is 132 cm³/mol. The molecule has 1 heterocycles. The molecule has 0 radical (unpaired) electrons. The standard InChI is InChI=1S/C26H29F2O10P/c1-4-33-39(32,34-5-2)26(27,28)16-20-21(37-23(30)18-12-8-6-9-13-18)22(25(36-20)35-17(3)29)38-24(31)19-14-10-7-11-15-19/h6-15,20-22,25H,4-5,16H2,1-3H3/t20-,21-,22-,25-/m1/s1. The van der Waals surface area contributed by atoms with Crippen molar-refractivity contribution in [3.8, 4) is 0 Å². The van der Waals surface area contributed by atoms with Crippen molar-refractivity contribution in [3.05, 3.63) is 71.8 Å². The summed E-state index contributed by atoms with van der Waals surface area (Å²) in [5, 5.41) is 0. The highest BCUT2D eigenvalue weighted by Crippen LogP contribution is 2.64. The summed E-state index contributed by atoms with van der Waals surface area (Å²) in [6.07, 6.45) is -8.15. The van der Waals surface area contributed by atoms with E-state index in [9.17, 15) is 18.9 Å². The van der Waals surface area contributed by atoms with E-state index < -0.39 is 62.2 Å². The monoisotopic (exact) mass is 570 g/mol. The lowest BCUT2D eigenvalue weighted by molar-refractivity contribution is -0.188. The van der Waals surface area contributed by atoms with E-state index in [0.717, 1.165) is 6.92 Å². The fourth-order valence-corrected chi connectivity index (χ4v) is 5.37. The molecule has 0 bridgehead atoms. The molecule has 0 spiro atoms. The third-order valence-corrected chi connectivity index (χ3v) is 7.68. The van der Waals surface area contributed by atoms with Gasteiger partial charge in [-0.05, 0) is 38.1 Å². The summed E-state index contributed by atoms with van der Waals surface area (Å²) in [5.74, 6) is -2.74. The number of hydrogen-bond acceptors (Lipinski definition) is 10. The molecule has 0 aliphatic carbocycles. The molecule has 39 heavy (non-hydrogen) atoms. The van der Waals surface area contributed by atoms with Gasteiger partial charge in [0.15, 0.2) is 6.10 Å². The Labute approximate surface area is 224 Å². The molecule has 2 aromatic carbocycles. The zero-order valence-corrected chi connectivity index (χ0v) is 22.4. The van der Waals surface area contributed by atoms with Crippen LogP contribution in [0, 0.1) is 0 Å². The number of alkyl halides is 2. The number of benzene rings is 2. The van der Waals surface area contributed by atoms with Crippen molar-refractivity contribution in [3.63, 3.8) is 0 Å². The minimum absolute atomic E-state index is 0.0707. The van der Waals surface area contributed by atoms with Crippen LogP contribution in [0.3, 0.4) is 0 Å². The molecule has 3 rings (SSSR count). The molecule has 2 aromatic rings. The molecule has 13 heteroatoms. The molecule has 4 atom stereocenters. The molecule has 10 nitrogen and oxygen atoms in total. The van der Waals surface area contributed by atoms with Gasteiger partial charge in [0.2, 0.25) is 12.4 Å². The summed E-state index contributed by atoms with van der Waals surface area (Å²) in [4.78, 5) is 37.6. The number of carbonyl (C=O) groups is 3. The van der Waals surface area contributed by atoms with Crippen molar-refractivity contribution in [2.45, 2.75) is 57.5 Å². The molecule has 0 amide bonds. The van der Waals surface area contributed by atoms with Gasteiger partial charge in [-0.1, -0.05) is 36.4 Å². The lowest BCUT2D eigenvalue weighted by Crippen LogP contribution is -2.43. The van der Waals surface area contributed by atoms with E-state index in [4.69, 9.17) is 28.0 Å². The molecule has 0 saturated carbocycles. The fourth-order valence-electron chi connectivity index (χ4n) is 3.83. The van der Waals surface area contributed by atoms with E-state index in [1.54, 1.807) is 36.4 Å². The van der Waals surface area contributed by atoms with Gasteiger partial charge in [0.05, 0.1) is 30.8 Å². The van der Waals surface area contributed by atoms with Crippen LogP contribution < -0.4 is 0 Å². The highest BCUT2D eigenvalue weighted by Gasteiger charge is 2.60. The first-order valence-corrected chi connectivity index (χ1v) is 13.7. The van der Waals surface area contributed by atoms with Crippen molar-refractivity contribution in [1.82, 2.24) is 0 Å². The van der Waals surface area contributed by atoms with Gasteiger partial charge in [-0.3, -0.25) is 9.36 Å². The number of halogens is 2. The van der Waals surface area contributed by atoms with Crippen LogP contribution in [0.5, 0.6) is 0 Å². The van der Waals surface area contributed by atoms with Gasteiger partial charge in [-0.15, -0.1) is 0 Å². The zero-order valence-electron chi connectivity index (χ0n) is 21.5. The minimum atomic E-state index is -5.01. The Morgan fingerprint density at radius 3 is 1.72 bits per heavy atom. The van der Waals surface area contributed by atoms with Crippen molar-refractivity contribution in [1.29, 1.82) is 0 Å². The zero-order chi connectivity index (χ0) is 28.6. The molecule has 0 unspecified atom stereocenters. The predicted octanol–water partition coefficient (Wildman–Crippen LogP) is 4.97. The number of hydrogen-bond donors (Lipinski definition) is 0. The highest BCUT2D eigenvalue weighted by atomic mass is 31.2. The largest absolute Gasteiger partial charge is 0.452 e. The lowest BCUT2D eigenvalue weighted by atomic mass is 10.1. The maximum absolute atomic E-state index is 15.4. The van der Waals surface area contributed by atoms with Crippen LogP contribution in [0.2, 0.25) is 0 Å². The Morgan fingerprint density at radius 1 is 0.821 bits per heavy atom. The molecule has 1 saturated heterocycles. The SMILES string of the molecule is CCOP(=O)(OCC)C(F)(F)C[C@H]1O[C@@H](OC(C)=O)[C@H](OC(=O)c2ccccc2)[C@@H]1OC(=O)c1ccccc1. The quantitative estimate of drug-likeness (QED) is 0.196. The van der Waals surface area contributed by atoms with Crippen molar-refractivity contribution < 1.29 is 55.7 Å². The van der Waals surface area contributed by atoms with E-state index in [1.165, 1.54) is 38.1 Å². The molecule has 0 aromatic heterocycles. The van der Waals surface area contributed by atoms with Crippen LogP contribution in [0.15, 0.2) is 60.7 Å². The summed E-state index contributed by atoms with van der Waals surface area (Å²) in [6, 6.07) is 15.3. The molecular weight excluding hydrogens is 541 g/mol. The Hall–Kier alpha value is -3.18. The number of carbonyl (C=O) groups excluding carboxylic acids is 3. The Morgan fingerprint density at radius 2 is 1.28 bits per heavy atom. The highest BCUT2D eigenvalue weighted by molar-refractivity contribution is 7.55. The Kier molecular flexibility index (Phi) is 10.3. The molecule has 1 aliphatic rings. The summed E-state index contributed by atoms with van der Waals surface area (Å²) >= 11 is 0. The lowest BCUT2D eigenvalue weighted by Gasteiger charge is -2.29. The molecule has 1 fully saturated rings. The van der Waals surface area contributed by atoms with Gasteiger partial charge in [0.25, 0.3) is 0 Å². The van der Waals surface area contributed by atoms with Crippen LogP contribution >= 0.6 is 7.60 Å². The average Bonchev–Trinajstić information content (AvgIpc) is 3.18. The van der Waals surface area contributed by atoms with Gasteiger partial charge >= 0.3 is 31.2 Å². The second-order valence-electron chi connectivity index (χ2n) is 8.33. The Balaban J connectivity index is 1.99. The second kappa shape index (κ2) is 13.3. The van der Waals surface area contributed by atoms with Crippen molar-refractivity contribution >= 4 is 25.5 Å². The maximum Gasteiger partial charge on any atom is 0.399 e. The Bertz CT molecular complexity index is 1170. The second-order valence-corrected chi connectivity index (χ2v) is 10.5. The summed E-state index contributed by atoms with van der Waals surface area (Å²) in [5.41, 5.74) is -3.96. The third-order valence-electron chi connectivity index (χ3n) is 5.50. The summed E-state index contributed by atoms with van der Waals surface area (Å²) in [7, 11) is -5.01. The third kappa shape index (κ3) is 7.48. The first-order valence-electron chi connectivity index (χ1n) is 12.1. The van der Waals surface area contributed by atoms with Gasteiger partial charge in [-0.25, -0.2) is 9.59 Å². The fraction of sp³-hybridized carbons (Fsp3) is 0.423. The van der Waals surface area contributed by atoms with E-state index in [0.29, 0.717) is 0 Å². The van der Waals surface area contributed by atoms with Crippen LogP contribution in [-0.4, -0.2) is 61.4 Å². The molecule has 0 N–H and O–H groups in total. The van der Waals surface area contributed by atoms with Gasteiger partial charge in [-0.2, -0.15) is 8.78 Å². The van der Waals surface area contributed by atoms with Crippen molar-refractivity contribution in [2.75, 3.05) is 13.2 Å². The molecular formula is C26H29F2O10P. The first-order chi connectivity index (χ1) is 18.5. The summed E-state index contributed by atoms with van der Waals surface area (Å²) in [6.45, 7) is 3.10. The number of esters is 3. The van der Waals surface area contributed by atoms with E-state index in [1.807, 2.05) is 0 Å². The normalized spacial score (nSPS) is 21.3. The van der Waals surface area contributed by atoms with Crippen LogP contribution in [0.4, 0.5) is 8.78 Å². The van der Waals surface area contributed by atoms with Crippen LogP contribution in [0.1, 0.15) is 47.9 Å². The summed E-state index contributed by atoms with van der Waals surface area (Å²) < 4.78 is 75.1. The molecule has 1 aliphatic heterocycles. The van der Waals surface area contributed by atoms with E-state index >= 15 is 8.78 Å². The molecule has 212 valence electrons. The van der Waals surface area contributed by atoms with E-state index in [2.05, 4.69) is 0 Å². The minimum Gasteiger partial charge on any atom is -0.452 e. The smallest absolute Gasteiger partial charge is 0.399 e. The number of rotatable bonds is 12.